The van der Waals surface area contributed by atoms with E-state index in [2.05, 4.69) is 10.6 Å². The Morgan fingerprint density at radius 3 is 2.65 bits per heavy atom. The van der Waals surface area contributed by atoms with Gasteiger partial charge in [-0.1, -0.05) is 6.07 Å². The molecule has 0 radical (unpaired) electrons. The van der Waals surface area contributed by atoms with Gasteiger partial charge in [0.25, 0.3) is 0 Å². The Morgan fingerprint density at radius 2 is 2.04 bits per heavy atom. The number of benzene rings is 1. The molecular weight excluding hydrogens is 296 g/mol. The molecule has 0 saturated heterocycles. The topological polar surface area (TPSA) is 90.8 Å². The van der Waals surface area contributed by atoms with Gasteiger partial charge in [-0.25, -0.2) is 4.79 Å². The predicted molar refractivity (Wildman–Crippen MR) is 88.5 cm³/mol. The van der Waals surface area contributed by atoms with Crippen molar-refractivity contribution in [3.05, 3.63) is 29.3 Å². The van der Waals surface area contributed by atoms with Crippen LogP contribution in [0.25, 0.3) is 0 Å². The Bertz CT molecular complexity index is 550. The van der Waals surface area contributed by atoms with Gasteiger partial charge in [-0.2, -0.15) is 0 Å². The number of nitrogens with one attached hydrogen (secondary N) is 2. The fourth-order valence-corrected chi connectivity index (χ4v) is 2.74. The van der Waals surface area contributed by atoms with Crippen LogP contribution >= 0.6 is 0 Å². The summed E-state index contributed by atoms with van der Waals surface area (Å²) in [5, 5.41) is 24.4. The molecule has 0 fully saturated rings. The number of hydrogen-bond donors (Lipinski definition) is 4. The fraction of sp³-hybridized carbons (Fsp3) is 0.588. The highest BCUT2D eigenvalue weighted by atomic mass is 16.6. The van der Waals surface area contributed by atoms with Gasteiger partial charge in [0.05, 0.1) is 19.3 Å². The van der Waals surface area contributed by atoms with Gasteiger partial charge in [-0.15, -0.1) is 0 Å². The molecular formula is C17H26N2O4. The van der Waals surface area contributed by atoms with Gasteiger partial charge in [-0.05, 0) is 56.9 Å². The minimum Gasteiger partial charge on any atom is -0.444 e. The minimum absolute atomic E-state index is 0.0966. The molecule has 1 aliphatic rings. The van der Waals surface area contributed by atoms with Crippen LogP contribution in [-0.2, 0) is 11.2 Å². The van der Waals surface area contributed by atoms with Gasteiger partial charge in [0.15, 0.2) is 0 Å². The van der Waals surface area contributed by atoms with E-state index in [0.29, 0.717) is 5.69 Å². The number of aliphatic hydroxyl groups is 2. The molecule has 0 bridgehead atoms. The summed E-state index contributed by atoms with van der Waals surface area (Å²) >= 11 is 0. The van der Waals surface area contributed by atoms with E-state index in [4.69, 9.17) is 4.74 Å². The van der Waals surface area contributed by atoms with E-state index in [1.54, 1.807) is 0 Å². The molecule has 0 aromatic heterocycles. The molecule has 1 aromatic rings. The molecule has 0 aliphatic heterocycles. The van der Waals surface area contributed by atoms with Crippen molar-refractivity contribution in [2.24, 2.45) is 0 Å². The number of rotatable bonds is 5. The normalized spacial score (nSPS) is 17.2. The largest absolute Gasteiger partial charge is 0.444 e. The summed E-state index contributed by atoms with van der Waals surface area (Å²) in [4.78, 5) is 11.8. The predicted octanol–water partition coefficient (Wildman–Crippen LogP) is 1.96. The molecule has 1 aromatic carbocycles. The Labute approximate surface area is 136 Å². The SMILES string of the molecule is CC(C)(C)OC(=O)Nc1ccc2c(c1)CCC2NC(CO)CO. The zero-order valence-electron chi connectivity index (χ0n) is 13.9. The second-order valence-electron chi connectivity index (χ2n) is 6.86. The third kappa shape index (κ3) is 4.92. The van der Waals surface area contributed by atoms with Gasteiger partial charge in [-0.3, -0.25) is 5.32 Å². The number of hydrogen-bond acceptors (Lipinski definition) is 5. The molecule has 1 atom stereocenters. The number of fused-ring (bicyclic) bond motifs is 1. The summed E-state index contributed by atoms with van der Waals surface area (Å²) < 4.78 is 5.25. The Balaban J connectivity index is 2.02. The van der Waals surface area contributed by atoms with Crippen LogP contribution in [-0.4, -0.2) is 41.2 Å². The van der Waals surface area contributed by atoms with E-state index in [9.17, 15) is 15.0 Å². The average molecular weight is 322 g/mol. The first-order valence-electron chi connectivity index (χ1n) is 7.93. The summed E-state index contributed by atoms with van der Waals surface area (Å²) in [5.74, 6) is 0. The van der Waals surface area contributed by atoms with Crippen molar-refractivity contribution in [2.75, 3.05) is 18.5 Å². The number of aryl methyl sites for hydroxylation is 1. The lowest BCUT2D eigenvalue weighted by atomic mass is 10.1. The van der Waals surface area contributed by atoms with Gasteiger partial charge in [0.2, 0.25) is 0 Å². The van der Waals surface area contributed by atoms with E-state index < -0.39 is 11.7 Å². The average Bonchev–Trinajstić information content (AvgIpc) is 2.84. The summed E-state index contributed by atoms with van der Waals surface area (Å²) in [6, 6.07) is 5.57. The molecule has 6 nitrogen and oxygen atoms in total. The molecule has 1 unspecified atom stereocenters. The molecule has 4 N–H and O–H groups in total. The molecule has 1 amide bonds. The Morgan fingerprint density at radius 1 is 1.35 bits per heavy atom. The van der Waals surface area contributed by atoms with Crippen molar-refractivity contribution in [3.63, 3.8) is 0 Å². The lowest BCUT2D eigenvalue weighted by molar-refractivity contribution is 0.0636. The van der Waals surface area contributed by atoms with E-state index in [1.807, 2.05) is 39.0 Å². The van der Waals surface area contributed by atoms with Crippen LogP contribution in [0.1, 0.15) is 44.4 Å². The van der Waals surface area contributed by atoms with Gasteiger partial charge in [0, 0.05) is 11.7 Å². The quantitative estimate of drug-likeness (QED) is 0.665. The van der Waals surface area contributed by atoms with Crippen LogP contribution in [0, 0.1) is 0 Å². The molecule has 23 heavy (non-hydrogen) atoms. The Hall–Kier alpha value is -1.63. The minimum atomic E-state index is -0.528. The van der Waals surface area contributed by atoms with E-state index in [0.717, 1.165) is 24.0 Å². The second kappa shape index (κ2) is 7.29. The number of ether oxygens (including phenoxy) is 1. The highest BCUT2D eigenvalue weighted by molar-refractivity contribution is 5.85. The van der Waals surface area contributed by atoms with Crippen LogP contribution in [0.4, 0.5) is 10.5 Å². The zero-order chi connectivity index (χ0) is 17.0. The monoisotopic (exact) mass is 322 g/mol. The van der Waals surface area contributed by atoms with Crippen molar-refractivity contribution in [2.45, 2.75) is 51.3 Å². The first kappa shape index (κ1) is 17.7. The standard InChI is InChI=1S/C17H26N2O4/c1-17(2,3)23-16(22)19-12-5-6-14-11(8-12)4-7-15(14)18-13(9-20)10-21/h5-6,8,13,15,18,20-21H,4,7,9-10H2,1-3H3,(H,19,22). The third-order valence-corrected chi connectivity index (χ3v) is 3.74. The lowest BCUT2D eigenvalue weighted by Crippen LogP contribution is -2.37. The Kier molecular flexibility index (Phi) is 5.62. The smallest absolute Gasteiger partial charge is 0.412 e. The molecule has 0 spiro atoms. The van der Waals surface area contributed by atoms with Gasteiger partial charge < -0.3 is 20.3 Å². The number of carbonyl (C=O) groups is 1. The van der Waals surface area contributed by atoms with Crippen LogP contribution in [0.5, 0.6) is 0 Å². The number of carbonyl (C=O) groups excluding carboxylic acids is 1. The molecule has 6 heteroatoms. The number of amides is 1. The van der Waals surface area contributed by atoms with E-state index >= 15 is 0 Å². The first-order chi connectivity index (χ1) is 10.8. The van der Waals surface area contributed by atoms with Gasteiger partial charge >= 0.3 is 6.09 Å². The molecule has 0 saturated carbocycles. The molecule has 1 aliphatic carbocycles. The van der Waals surface area contributed by atoms with Crippen LogP contribution in [0.3, 0.4) is 0 Å². The van der Waals surface area contributed by atoms with Gasteiger partial charge in [0.1, 0.15) is 5.60 Å². The summed E-state index contributed by atoms with van der Waals surface area (Å²) in [7, 11) is 0. The van der Waals surface area contributed by atoms with Crippen molar-refractivity contribution in [1.29, 1.82) is 0 Å². The van der Waals surface area contributed by atoms with Crippen molar-refractivity contribution in [1.82, 2.24) is 5.32 Å². The maximum Gasteiger partial charge on any atom is 0.412 e. The second-order valence-corrected chi connectivity index (χ2v) is 6.86. The van der Waals surface area contributed by atoms with E-state index in [1.165, 1.54) is 0 Å². The van der Waals surface area contributed by atoms with Crippen LogP contribution in [0.2, 0.25) is 0 Å². The van der Waals surface area contributed by atoms with E-state index in [-0.39, 0.29) is 25.3 Å². The molecule has 128 valence electrons. The first-order valence-corrected chi connectivity index (χ1v) is 7.93. The fourth-order valence-electron chi connectivity index (χ4n) is 2.74. The highest BCUT2D eigenvalue weighted by Gasteiger charge is 2.25. The van der Waals surface area contributed by atoms with Crippen molar-refractivity contribution < 1.29 is 19.7 Å². The maximum absolute atomic E-state index is 11.8. The van der Waals surface area contributed by atoms with Crippen LogP contribution < -0.4 is 10.6 Å². The van der Waals surface area contributed by atoms with Crippen LogP contribution in [0.15, 0.2) is 18.2 Å². The third-order valence-electron chi connectivity index (χ3n) is 3.74. The molecule has 0 heterocycles. The number of aliphatic hydroxyl groups excluding tert-OH is 2. The zero-order valence-corrected chi connectivity index (χ0v) is 13.9. The maximum atomic E-state index is 11.8. The summed E-state index contributed by atoms with van der Waals surface area (Å²) in [5.41, 5.74) is 2.48. The highest BCUT2D eigenvalue weighted by Crippen LogP contribution is 2.33. The van der Waals surface area contributed by atoms with Crippen molar-refractivity contribution >= 4 is 11.8 Å². The summed E-state index contributed by atoms with van der Waals surface area (Å²) in [6.45, 7) is 5.28. The lowest BCUT2D eigenvalue weighted by Gasteiger charge is -2.21. The van der Waals surface area contributed by atoms with Crippen molar-refractivity contribution in [3.8, 4) is 0 Å². The molecule has 2 rings (SSSR count). The number of anilines is 1. The summed E-state index contributed by atoms with van der Waals surface area (Å²) in [6.07, 6.45) is 1.33.